The van der Waals surface area contributed by atoms with Gasteiger partial charge in [-0.05, 0) is 29.7 Å². The van der Waals surface area contributed by atoms with Gasteiger partial charge in [0.1, 0.15) is 0 Å². The van der Waals surface area contributed by atoms with Gasteiger partial charge in [-0.25, -0.2) is 0 Å². The summed E-state index contributed by atoms with van der Waals surface area (Å²) in [6.07, 6.45) is 7.57. The average Bonchev–Trinajstić information content (AvgIpc) is 2.39. The molecule has 0 aromatic carbocycles. The molecule has 2 heterocycles. The third kappa shape index (κ3) is 3.00. The van der Waals surface area contributed by atoms with Crippen molar-refractivity contribution in [1.82, 2.24) is 15.4 Å². The van der Waals surface area contributed by atoms with Crippen molar-refractivity contribution in [3.8, 4) is 0 Å². The van der Waals surface area contributed by atoms with Gasteiger partial charge >= 0.3 is 0 Å². The van der Waals surface area contributed by atoms with Gasteiger partial charge in [0.2, 0.25) is 0 Å². The van der Waals surface area contributed by atoms with Crippen LogP contribution in [0.5, 0.6) is 0 Å². The average molecular weight is 249 g/mol. The zero-order valence-corrected chi connectivity index (χ0v) is 9.93. The molecule has 0 saturated heterocycles. The molecule has 0 saturated carbocycles. The minimum Gasteiger partial charge on any atom is -0.271 e. The van der Waals surface area contributed by atoms with Gasteiger partial charge in [0, 0.05) is 24.8 Å². The normalized spacial score (nSPS) is 12.4. The van der Waals surface area contributed by atoms with Crippen LogP contribution in [0.4, 0.5) is 0 Å². The number of halogens is 1. The van der Waals surface area contributed by atoms with E-state index in [-0.39, 0.29) is 6.04 Å². The van der Waals surface area contributed by atoms with Crippen LogP contribution >= 0.6 is 11.6 Å². The van der Waals surface area contributed by atoms with E-state index in [0.29, 0.717) is 11.4 Å². The van der Waals surface area contributed by atoms with E-state index in [2.05, 4.69) is 15.4 Å². The predicted molar refractivity (Wildman–Crippen MR) is 67.3 cm³/mol. The minimum atomic E-state index is -0.0106. The molecule has 0 aliphatic heterocycles. The highest BCUT2D eigenvalue weighted by molar-refractivity contribution is 6.31. The third-order valence-electron chi connectivity index (χ3n) is 2.57. The van der Waals surface area contributed by atoms with E-state index in [1.165, 1.54) is 0 Å². The third-order valence-corrected chi connectivity index (χ3v) is 2.91. The summed E-state index contributed by atoms with van der Waals surface area (Å²) in [4.78, 5) is 8.03. The molecule has 2 aromatic rings. The van der Waals surface area contributed by atoms with E-state index >= 15 is 0 Å². The minimum absolute atomic E-state index is 0.0106. The van der Waals surface area contributed by atoms with Gasteiger partial charge in [0.25, 0.3) is 0 Å². The summed E-state index contributed by atoms with van der Waals surface area (Å²) in [5.41, 5.74) is 4.81. The van der Waals surface area contributed by atoms with Gasteiger partial charge in [-0.2, -0.15) is 0 Å². The summed E-state index contributed by atoms with van der Waals surface area (Å²) in [6.45, 7) is 0. The van der Waals surface area contributed by atoms with Crippen molar-refractivity contribution in [2.45, 2.75) is 12.5 Å². The second kappa shape index (κ2) is 5.72. The molecule has 0 radical (unpaired) electrons. The van der Waals surface area contributed by atoms with Crippen LogP contribution in [0.2, 0.25) is 5.02 Å². The highest BCUT2D eigenvalue weighted by atomic mass is 35.5. The highest BCUT2D eigenvalue weighted by Crippen LogP contribution is 2.21. The number of nitrogens with two attached hydrogens (primary N) is 1. The lowest BCUT2D eigenvalue weighted by Crippen LogP contribution is -2.29. The van der Waals surface area contributed by atoms with Crippen LogP contribution < -0.4 is 11.3 Å². The van der Waals surface area contributed by atoms with Crippen LogP contribution in [-0.2, 0) is 6.42 Å². The Bertz CT molecular complexity index is 475. The Morgan fingerprint density at radius 2 is 2.06 bits per heavy atom. The molecule has 2 aromatic heterocycles. The Labute approximate surface area is 105 Å². The smallest absolute Gasteiger partial charge is 0.0622 e. The first-order valence-electron chi connectivity index (χ1n) is 5.25. The van der Waals surface area contributed by atoms with Crippen molar-refractivity contribution in [1.29, 1.82) is 0 Å². The summed E-state index contributed by atoms with van der Waals surface area (Å²) in [5, 5.41) is 0.650. The largest absolute Gasteiger partial charge is 0.271 e. The molecular weight excluding hydrogens is 236 g/mol. The molecule has 0 fully saturated rings. The number of pyridine rings is 2. The lowest BCUT2D eigenvalue weighted by molar-refractivity contribution is 0.550. The highest BCUT2D eigenvalue weighted by Gasteiger charge is 2.12. The monoisotopic (exact) mass is 248 g/mol. The topological polar surface area (TPSA) is 63.8 Å². The number of rotatable bonds is 4. The van der Waals surface area contributed by atoms with Crippen molar-refractivity contribution in [3.63, 3.8) is 0 Å². The maximum atomic E-state index is 6.07. The lowest BCUT2D eigenvalue weighted by Gasteiger charge is -2.16. The Morgan fingerprint density at radius 1 is 1.24 bits per heavy atom. The van der Waals surface area contributed by atoms with E-state index < -0.39 is 0 Å². The van der Waals surface area contributed by atoms with Gasteiger partial charge in [-0.1, -0.05) is 17.7 Å². The quantitative estimate of drug-likeness (QED) is 0.641. The molecule has 3 N–H and O–H groups in total. The first kappa shape index (κ1) is 12.0. The predicted octanol–water partition coefficient (Wildman–Crippen LogP) is 1.88. The molecule has 2 rings (SSSR count). The Kier molecular flexibility index (Phi) is 4.03. The summed E-state index contributed by atoms with van der Waals surface area (Å²) in [7, 11) is 0. The van der Waals surface area contributed by atoms with E-state index in [1.807, 2.05) is 18.2 Å². The molecule has 4 nitrogen and oxygen atoms in total. The van der Waals surface area contributed by atoms with Crippen LogP contribution in [0.15, 0.2) is 43.0 Å². The first-order chi connectivity index (χ1) is 8.31. The molecule has 17 heavy (non-hydrogen) atoms. The summed E-state index contributed by atoms with van der Waals surface area (Å²) < 4.78 is 0. The first-order valence-corrected chi connectivity index (χ1v) is 5.63. The second-order valence-electron chi connectivity index (χ2n) is 3.68. The molecular formula is C12H13ClN4. The van der Waals surface area contributed by atoms with Crippen molar-refractivity contribution >= 4 is 11.6 Å². The molecule has 0 amide bonds. The number of hydrogen-bond acceptors (Lipinski definition) is 4. The van der Waals surface area contributed by atoms with E-state index in [0.717, 1.165) is 11.1 Å². The molecule has 0 spiro atoms. The molecule has 1 unspecified atom stereocenters. The van der Waals surface area contributed by atoms with Crippen LogP contribution in [0, 0.1) is 0 Å². The second-order valence-corrected chi connectivity index (χ2v) is 4.08. The van der Waals surface area contributed by atoms with Crippen LogP contribution in [-0.4, -0.2) is 9.97 Å². The fraction of sp³-hybridized carbons (Fsp3) is 0.167. The zero-order valence-electron chi connectivity index (χ0n) is 9.18. The van der Waals surface area contributed by atoms with Crippen LogP contribution in [0.3, 0.4) is 0 Å². The fourth-order valence-electron chi connectivity index (χ4n) is 1.64. The summed E-state index contributed by atoms with van der Waals surface area (Å²) >= 11 is 6.07. The van der Waals surface area contributed by atoms with Gasteiger partial charge in [-0.3, -0.25) is 21.2 Å². The Morgan fingerprint density at radius 3 is 2.71 bits per heavy atom. The zero-order chi connectivity index (χ0) is 12.1. The molecule has 1 atom stereocenters. The van der Waals surface area contributed by atoms with Crippen molar-refractivity contribution in [2.75, 3.05) is 0 Å². The van der Waals surface area contributed by atoms with Gasteiger partial charge < -0.3 is 0 Å². The maximum absolute atomic E-state index is 6.07. The standard InChI is InChI=1S/C12H13ClN4/c13-11-8-16-5-3-9(11)6-12(17-14)10-2-1-4-15-7-10/h1-5,7-8,12,17H,6,14H2. The molecule has 0 aliphatic carbocycles. The van der Waals surface area contributed by atoms with Gasteiger partial charge in [0.15, 0.2) is 0 Å². The van der Waals surface area contributed by atoms with E-state index in [4.69, 9.17) is 17.4 Å². The van der Waals surface area contributed by atoms with Crippen molar-refractivity contribution in [3.05, 3.63) is 59.1 Å². The fourth-order valence-corrected chi connectivity index (χ4v) is 1.84. The molecule has 0 bridgehead atoms. The number of nitrogens with zero attached hydrogens (tertiary/aromatic N) is 2. The Balaban J connectivity index is 2.19. The van der Waals surface area contributed by atoms with Gasteiger partial charge in [-0.15, -0.1) is 0 Å². The molecule has 88 valence electrons. The molecule has 0 aliphatic rings. The van der Waals surface area contributed by atoms with Crippen molar-refractivity contribution in [2.24, 2.45) is 5.84 Å². The molecule has 5 heteroatoms. The Hall–Kier alpha value is -1.49. The maximum Gasteiger partial charge on any atom is 0.0622 e. The van der Waals surface area contributed by atoms with E-state index in [1.54, 1.807) is 24.8 Å². The lowest BCUT2D eigenvalue weighted by atomic mass is 10.0. The number of hydrogen-bond donors (Lipinski definition) is 2. The van der Waals surface area contributed by atoms with Crippen LogP contribution in [0.25, 0.3) is 0 Å². The van der Waals surface area contributed by atoms with E-state index in [9.17, 15) is 0 Å². The summed E-state index contributed by atoms with van der Waals surface area (Å²) in [6, 6.07) is 5.74. The van der Waals surface area contributed by atoms with Gasteiger partial charge in [0.05, 0.1) is 11.1 Å². The number of hydrazine groups is 1. The number of aromatic nitrogens is 2. The van der Waals surface area contributed by atoms with Crippen molar-refractivity contribution < 1.29 is 0 Å². The van der Waals surface area contributed by atoms with Crippen LogP contribution in [0.1, 0.15) is 17.2 Å². The summed E-state index contributed by atoms with van der Waals surface area (Å²) in [5.74, 6) is 5.57. The number of nitrogens with one attached hydrogen (secondary N) is 1. The SMILES string of the molecule is NNC(Cc1ccncc1Cl)c1cccnc1.